The van der Waals surface area contributed by atoms with Crippen LogP contribution in [0.5, 0.6) is 0 Å². The molecule has 0 saturated carbocycles. The van der Waals surface area contributed by atoms with Crippen molar-refractivity contribution in [1.29, 1.82) is 0 Å². The van der Waals surface area contributed by atoms with Gasteiger partial charge >= 0.3 is 6.18 Å². The number of aromatic nitrogens is 1. The number of alkyl halides is 3. The quantitative estimate of drug-likeness (QED) is 0.412. The third-order valence-electron chi connectivity index (χ3n) is 3.53. The van der Waals surface area contributed by atoms with E-state index in [1.165, 1.54) is 6.21 Å². The Morgan fingerprint density at radius 3 is 2.68 bits per heavy atom. The van der Waals surface area contributed by atoms with Crippen molar-refractivity contribution in [3.05, 3.63) is 69.9 Å². The summed E-state index contributed by atoms with van der Waals surface area (Å²) in [7, 11) is 0. The molecule has 25 heavy (non-hydrogen) atoms. The number of halogens is 3. The number of H-pyrrole nitrogens is 1. The number of nitro groups is 1. The van der Waals surface area contributed by atoms with E-state index >= 15 is 0 Å². The molecule has 3 rings (SSSR count). The highest BCUT2D eigenvalue weighted by molar-refractivity contribution is 5.99. The number of nitro benzene ring substituents is 1. The first-order valence-electron chi connectivity index (χ1n) is 7.07. The van der Waals surface area contributed by atoms with Crippen molar-refractivity contribution in [2.75, 3.05) is 5.43 Å². The molecule has 9 heteroatoms. The zero-order valence-electron chi connectivity index (χ0n) is 12.5. The van der Waals surface area contributed by atoms with Crippen LogP contribution in [0.2, 0.25) is 0 Å². The van der Waals surface area contributed by atoms with Gasteiger partial charge in [0, 0.05) is 34.8 Å². The molecule has 0 unspecified atom stereocenters. The summed E-state index contributed by atoms with van der Waals surface area (Å²) in [4.78, 5) is 12.8. The average molecular weight is 348 g/mol. The summed E-state index contributed by atoms with van der Waals surface area (Å²) in [6.07, 6.45) is -1.69. The first kappa shape index (κ1) is 16.5. The fraction of sp³-hybridized carbons (Fsp3) is 0.0625. The lowest BCUT2D eigenvalue weighted by atomic mass is 10.1. The van der Waals surface area contributed by atoms with E-state index < -0.39 is 22.4 Å². The smallest absolute Gasteiger partial charge is 0.361 e. The Morgan fingerprint density at radius 2 is 1.96 bits per heavy atom. The predicted molar refractivity (Wildman–Crippen MR) is 87.6 cm³/mol. The minimum atomic E-state index is -4.75. The van der Waals surface area contributed by atoms with Gasteiger partial charge < -0.3 is 4.98 Å². The molecule has 1 aromatic heterocycles. The number of hydrogen-bond acceptors (Lipinski definition) is 4. The molecule has 6 nitrogen and oxygen atoms in total. The first-order chi connectivity index (χ1) is 11.9. The van der Waals surface area contributed by atoms with Gasteiger partial charge in [-0.25, -0.2) is 0 Å². The van der Waals surface area contributed by atoms with Crippen molar-refractivity contribution >= 4 is 28.5 Å². The van der Waals surface area contributed by atoms with Gasteiger partial charge in [0.1, 0.15) is 0 Å². The predicted octanol–water partition coefficient (Wildman–Crippen LogP) is 4.54. The lowest BCUT2D eigenvalue weighted by Gasteiger charge is -2.11. The second-order valence-corrected chi connectivity index (χ2v) is 5.14. The van der Waals surface area contributed by atoms with Crippen LogP contribution in [0.15, 0.2) is 53.8 Å². The molecule has 0 aliphatic carbocycles. The normalized spacial score (nSPS) is 12.0. The van der Waals surface area contributed by atoms with Crippen molar-refractivity contribution in [1.82, 2.24) is 4.98 Å². The van der Waals surface area contributed by atoms with Gasteiger partial charge in [0.15, 0.2) is 0 Å². The fourth-order valence-corrected chi connectivity index (χ4v) is 2.35. The van der Waals surface area contributed by atoms with Gasteiger partial charge in [0.25, 0.3) is 5.69 Å². The molecule has 0 aliphatic heterocycles. The number of aromatic amines is 1. The van der Waals surface area contributed by atoms with Crippen molar-refractivity contribution in [3.8, 4) is 0 Å². The number of non-ortho nitro benzene ring substituents is 1. The minimum absolute atomic E-state index is 0.366. The van der Waals surface area contributed by atoms with Crippen LogP contribution in [0, 0.1) is 10.1 Å². The van der Waals surface area contributed by atoms with Crippen LogP contribution in [0.4, 0.5) is 24.5 Å². The third-order valence-corrected chi connectivity index (χ3v) is 3.53. The molecule has 1 heterocycles. The Balaban J connectivity index is 1.89. The topological polar surface area (TPSA) is 83.3 Å². The third kappa shape index (κ3) is 3.44. The average Bonchev–Trinajstić information content (AvgIpc) is 2.97. The van der Waals surface area contributed by atoms with Crippen LogP contribution in [-0.2, 0) is 6.18 Å². The van der Waals surface area contributed by atoms with E-state index in [0.29, 0.717) is 11.6 Å². The van der Waals surface area contributed by atoms with Crippen LogP contribution in [0.25, 0.3) is 10.9 Å². The standard InChI is InChI=1S/C16H11F3N4O2/c17-16(18,19)13-7-11(23(24)25)5-6-15(13)22-21-9-10-8-20-14-4-2-1-3-12(10)14/h1-9,20,22H/b21-9-. The summed E-state index contributed by atoms with van der Waals surface area (Å²) in [5.74, 6) is 0. The Labute approximate surface area is 139 Å². The van der Waals surface area contributed by atoms with Gasteiger partial charge in [0.05, 0.1) is 22.4 Å². The number of nitrogens with zero attached hydrogens (tertiary/aromatic N) is 2. The first-order valence-corrected chi connectivity index (χ1v) is 7.07. The van der Waals surface area contributed by atoms with E-state index in [4.69, 9.17) is 0 Å². The summed E-state index contributed by atoms with van der Waals surface area (Å²) in [5.41, 5.74) is 1.70. The highest BCUT2D eigenvalue weighted by atomic mass is 19.4. The van der Waals surface area contributed by atoms with Crippen LogP contribution >= 0.6 is 0 Å². The maximum atomic E-state index is 13.1. The molecule has 0 bridgehead atoms. The van der Waals surface area contributed by atoms with Gasteiger partial charge in [-0.2, -0.15) is 18.3 Å². The van der Waals surface area contributed by atoms with Crippen LogP contribution in [0.3, 0.4) is 0 Å². The van der Waals surface area contributed by atoms with E-state index in [0.717, 1.165) is 23.0 Å². The molecule has 0 fully saturated rings. The SMILES string of the molecule is O=[N+]([O-])c1ccc(N/N=C\c2c[nH]c3ccccc23)c(C(F)(F)F)c1. The Bertz CT molecular complexity index is 963. The summed E-state index contributed by atoms with van der Waals surface area (Å²) in [5, 5.41) is 15.4. The van der Waals surface area contributed by atoms with Crippen molar-refractivity contribution in [3.63, 3.8) is 0 Å². The fourth-order valence-electron chi connectivity index (χ4n) is 2.35. The number of anilines is 1. The van der Waals surface area contributed by atoms with E-state index in [-0.39, 0.29) is 5.69 Å². The Hall–Kier alpha value is -3.36. The number of hydrogen-bond donors (Lipinski definition) is 2. The molecule has 0 aliphatic rings. The lowest BCUT2D eigenvalue weighted by molar-refractivity contribution is -0.385. The van der Waals surface area contributed by atoms with Crippen LogP contribution in [0.1, 0.15) is 11.1 Å². The molecule has 0 atom stereocenters. The molecule has 2 N–H and O–H groups in total. The Morgan fingerprint density at radius 1 is 1.20 bits per heavy atom. The van der Waals surface area contributed by atoms with Gasteiger partial charge in [-0.05, 0) is 12.1 Å². The summed E-state index contributed by atoms with van der Waals surface area (Å²) >= 11 is 0. The molecular weight excluding hydrogens is 337 g/mol. The zero-order valence-corrected chi connectivity index (χ0v) is 12.5. The Kier molecular flexibility index (Phi) is 4.14. The van der Waals surface area contributed by atoms with Gasteiger partial charge in [-0.1, -0.05) is 18.2 Å². The van der Waals surface area contributed by atoms with Gasteiger partial charge in [-0.15, -0.1) is 0 Å². The second kappa shape index (κ2) is 6.27. The minimum Gasteiger partial charge on any atom is -0.361 e. The summed E-state index contributed by atoms with van der Waals surface area (Å²) in [6, 6.07) is 9.83. The molecular formula is C16H11F3N4O2. The number of para-hydroxylation sites is 1. The number of benzene rings is 2. The van der Waals surface area contributed by atoms with Crippen LogP contribution in [-0.4, -0.2) is 16.1 Å². The van der Waals surface area contributed by atoms with E-state index in [1.54, 1.807) is 6.20 Å². The highest BCUT2D eigenvalue weighted by Gasteiger charge is 2.35. The van der Waals surface area contributed by atoms with E-state index in [1.807, 2.05) is 24.3 Å². The number of nitrogens with one attached hydrogen (secondary N) is 2. The zero-order chi connectivity index (χ0) is 18.0. The molecule has 3 aromatic rings. The number of fused-ring (bicyclic) bond motifs is 1. The number of hydrazone groups is 1. The van der Waals surface area contributed by atoms with Gasteiger partial charge in [-0.3, -0.25) is 15.5 Å². The summed E-state index contributed by atoms with van der Waals surface area (Å²) < 4.78 is 39.2. The van der Waals surface area contributed by atoms with Crippen molar-refractivity contribution in [2.24, 2.45) is 5.10 Å². The number of rotatable bonds is 4. The highest BCUT2D eigenvalue weighted by Crippen LogP contribution is 2.37. The molecule has 2 aromatic carbocycles. The van der Waals surface area contributed by atoms with Crippen molar-refractivity contribution < 1.29 is 18.1 Å². The maximum absolute atomic E-state index is 13.1. The van der Waals surface area contributed by atoms with Crippen molar-refractivity contribution in [2.45, 2.75) is 6.18 Å². The maximum Gasteiger partial charge on any atom is 0.418 e. The monoisotopic (exact) mass is 348 g/mol. The van der Waals surface area contributed by atoms with Gasteiger partial charge in [0.2, 0.25) is 0 Å². The van der Waals surface area contributed by atoms with E-state index in [9.17, 15) is 23.3 Å². The molecule has 0 amide bonds. The van der Waals surface area contributed by atoms with E-state index in [2.05, 4.69) is 15.5 Å². The second-order valence-electron chi connectivity index (χ2n) is 5.14. The molecule has 0 spiro atoms. The largest absolute Gasteiger partial charge is 0.418 e. The summed E-state index contributed by atoms with van der Waals surface area (Å²) in [6.45, 7) is 0. The molecule has 0 radical (unpaired) electrons. The lowest BCUT2D eigenvalue weighted by Crippen LogP contribution is -2.09. The van der Waals surface area contributed by atoms with Crippen LogP contribution < -0.4 is 5.43 Å². The molecule has 0 saturated heterocycles. The molecule has 128 valence electrons.